The Bertz CT molecular complexity index is 570. The van der Waals surface area contributed by atoms with Gasteiger partial charge in [-0.1, -0.05) is 32.0 Å². The van der Waals surface area contributed by atoms with Gasteiger partial charge >= 0.3 is 0 Å². The van der Waals surface area contributed by atoms with Crippen LogP contribution in [0.3, 0.4) is 0 Å². The molecule has 0 aromatic heterocycles. The van der Waals surface area contributed by atoms with Crippen molar-refractivity contribution in [3.05, 3.63) is 29.8 Å². The molecule has 1 aromatic carbocycles. The number of likely N-dealkylation sites (N-methyl/N-ethyl adjacent to an activating group) is 1. The second-order valence-corrected chi connectivity index (χ2v) is 7.69. The zero-order valence-corrected chi connectivity index (χ0v) is 17.4. The van der Waals surface area contributed by atoms with E-state index in [-0.39, 0.29) is 12.5 Å². The van der Waals surface area contributed by atoms with E-state index in [9.17, 15) is 4.79 Å². The van der Waals surface area contributed by atoms with Crippen LogP contribution in [-0.2, 0) is 9.53 Å². The third-order valence-corrected chi connectivity index (χ3v) is 5.69. The van der Waals surface area contributed by atoms with Gasteiger partial charge in [0.25, 0.3) is 5.91 Å². The van der Waals surface area contributed by atoms with E-state index in [1.807, 2.05) is 30.1 Å². The molecular weight excluding hydrogens is 340 g/mol. The second-order valence-electron chi connectivity index (χ2n) is 7.69. The highest BCUT2D eigenvalue weighted by Gasteiger charge is 2.22. The molecule has 1 aliphatic rings. The topological polar surface area (TPSA) is 42.0 Å². The fourth-order valence-corrected chi connectivity index (χ4v) is 3.59. The van der Waals surface area contributed by atoms with Gasteiger partial charge in [0, 0.05) is 27.2 Å². The number of likely N-dealkylation sites (tertiary alicyclic amines) is 1. The molecule has 0 saturated carbocycles. The van der Waals surface area contributed by atoms with Gasteiger partial charge in [-0.15, -0.1) is 0 Å². The van der Waals surface area contributed by atoms with E-state index < -0.39 is 0 Å². The Morgan fingerprint density at radius 2 is 2.00 bits per heavy atom. The molecule has 1 heterocycles. The van der Waals surface area contributed by atoms with Gasteiger partial charge in [0.2, 0.25) is 0 Å². The van der Waals surface area contributed by atoms with E-state index in [1.165, 1.54) is 5.56 Å². The summed E-state index contributed by atoms with van der Waals surface area (Å²) in [7, 11) is 3.64. The number of methoxy groups -OCH3 is 1. The lowest BCUT2D eigenvalue weighted by Crippen LogP contribution is -2.41. The van der Waals surface area contributed by atoms with Crippen molar-refractivity contribution >= 4 is 5.91 Å². The molecule has 0 bridgehead atoms. The lowest BCUT2D eigenvalue weighted by molar-refractivity contribution is -0.132. The van der Waals surface area contributed by atoms with Gasteiger partial charge in [-0.25, -0.2) is 0 Å². The fraction of sp³-hybridized carbons (Fsp3) is 0.682. The van der Waals surface area contributed by atoms with E-state index in [4.69, 9.17) is 9.47 Å². The molecule has 5 nitrogen and oxygen atoms in total. The number of amides is 1. The van der Waals surface area contributed by atoms with E-state index in [2.05, 4.69) is 24.8 Å². The summed E-state index contributed by atoms with van der Waals surface area (Å²) in [6.45, 7) is 9.25. The van der Waals surface area contributed by atoms with E-state index >= 15 is 0 Å². The first-order valence-electron chi connectivity index (χ1n) is 10.2. The number of piperidine rings is 1. The number of nitrogens with zero attached hydrogens (tertiary/aromatic N) is 2. The maximum Gasteiger partial charge on any atom is 0.260 e. The summed E-state index contributed by atoms with van der Waals surface area (Å²) in [6, 6.07) is 8.05. The van der Waals surface area contributed by atoms with Crippen LogP contribution in [0.2, 0.25) is 0 Å². The zero-order valence-electron chi connectivity index (χ0n) is 17.4. The first-order valence-corrected chi connectivity index (χ1v) is 10.2. The predicted octanol–water partition coefficient (Wildman–Crippen LogP) is 3.40. The van der Waals surface area contributed by atoms with Crippen molar-refractivity contribution in [3.8, 4) is 5.75 Å². The molecule has 0 N–H and O–H groups in total. The Hall–Kier alpha value is -1.59. The summed E-state index contributed by atoms with van der Waals surface area (Å²) in [4.78, 5) is 16.8. The third-order valence-electron chi connectivity index (χ3n) is 5.69. The SMILES string of the molecule is CC[C@@H](C)c1ccccc1OCC(=O)N(C)CC1CCN(CCOC)CC1. The van der Waals surface area contributed by atoms with Gasteiger partial charge in [-0.3, -0.25) is 4.79 Å². The van der Waals surface area contributed by atoms with Gasteiger partial charge in [-0.05, 0) is 55.8 Å². The smallest absolute Gasteiger partial charge is 0.260 e. The maximum atomic E-state index is 12.5. The van der Waals surface area contributed by atoms with Crippen molar-refractivity contribution in [3.63, 3.8) is 0 Å². The molecule has 0 aliphatic carbocycles. The lowest BCUT2D eigenvalue weighted by Gasteiger charge is -2.33. The Balaban J connectivity index is 1.77. The maximum absolute atomic E-state index is 12.5. The van der Waals surface area contributed by atoms with Gasteiger partial charge in [0.1, 0.15) is 5.75 Å². The molecule has 0 radical (unpaired) electrons. The first kappa shape index (κ1) is 21.7. The summed E-state index contributed by atoms with van der Waals surface area (Å²) >= 11 is 0. The van der Waals surface area contributed by atoms with E-state index in [0.717, 1.165) is 57.8 Å². The molecule has 5 heteroatoms. The normalized spacial score (nSPS) is 16.9. The van der Waals surface area contributed by atoms with Crippen LogP contribution in [0.15, 0.2) is 24.3 Å². The molecule has 1 atom stereocenters. The largest absolute Gasteiger partial charge is 0.483 e. The second kappa shape index (κ2) is 11.3. The molecular formula is C22H36N2O3. The number of carbonyl (C=O) groups excluding carboxylic acids is 1. The van der Waals surface area contributed by atoms with E-state index in [1.54, 1.807) is 7.11 Å². The molecule has 0 unspecified atom stereocenters. The molecule has 1 aliphatic heterocycles. The third kappa shape index (κ3) is 6.82. The molecule has 2 rings (SSSR count). The van der Waals surface area contributed by atoms with Gasteiger partial charge in [-0.2, -0.15) is 0 Å². The van der Waals surface area contributed by atoms with Crippen LogP contribution in [0.5, 0.6) is 5.75 Å². The van der Waals surface area contributed by atoms with Crippen LogP contribution >= 0.6 is 0 Å². The first-order chi connectivity index (χ1) is 13.0. The van der Waals surface area contributed by atoms with Crippen LogP contribution in [-0.4, -0.2) is 69.3 Å². The molecule has 1 aromatic rings. The molecule has 152 valence electrons. The Labute approximate surface area is 164 Å². The number of carbonyl (C=O) groups is 1. The summed E-state index contributed by atoms with van der Waals surface area (Å²) in [6.07, 6.45) is 3.33. The van der Waals surface area contributed by atoms with Crippen molar-refractivity contribution < 1.29 is 14.3 Å². The summed E-state index contributed by atoms with van der Waals surface area (Å²) < 4.78 is 11.0. The molecule has 1 fully saturated rings. The molecule has 27 heavy (non-hydrogen) atoms. The minimum Gasteiger partial charge on any atom is -0.483 e. The standard InChI is InChI=1S/C22H36N2O3/c1-5-18(2)20-8-6-7-9-21(20)27-17-22(25)23(3)16-19-10-12-24(13-11-19)14-15-26-4/h6-9,18-19H,5,10-17H2,1-4H3/t18-/m1/s1. The Morgan fingerprint density at radius 3 is 2.67 bits per heavy atom. The minimum absolute atomic E-state index is 0.0516. The van der Waals surface area contributed by atoms with Crippen molar-refractivity contribution in [2.24, 2.45) is 5.92 Å². The summed E-state index contributed by atoms with van der Waals surface area (Å²) in [5.41, 5.74) is 1.18. The zero-order chi connectivity index (χ0) is 19.6. The van der Waals surface area contributed by atoms with Crippen molar-refractivity contribution in [2.45, 2.75) is 39.0 Å². The molecule has 1 saturated heterocycles. The Morgan fingerprint density at radius 1 is 1.30 bits per heavy atom. The number of hydrogen-bond donors (Lipinski definition) is 0. The number of benzene rings is 1. The number of para-hydroxylation sites is 1. The highest BCUT2D eigenvalue weighted by atomic mass is 16.5. The number of ether oxygens (including phenoxy) is 2. The fourth-order valence-electron chi connectivity index (χ4n) is 3.59. The van der Waals surface area contributed by atoms with Crippen molar-refractivity contribution in [2.75, 3.05) is 53.6 Å². The summed E-state index contributed by atoms with van der Waals surface area (Å²) in [5.74, 6) is 1.89. The van der Waals surface area contributed by atoms with Crippen LogP contribution in [0.4, 0.5) is 0 Å². The highest BCUT2D eigenvalue weighted by Crippen LogP contribution is 2.28. The molecule has 0 spiro atoms. The number of hydrogen-bond acceptors (Lipinski definition) is 4. The quantitative estimate of drug-likeness (QED) is 0.628. The van der Waals surface area contributed by atoms with Crippen molar-refractivity contribution in [1.82, 2.24) is 9.80 Å². The van der Waals surface area contributed by atoms with Crippen LogP contribution in [0.25, 0.3) is 0 Å². The van der Waals surface area contributed by atoms with Gasteiger partial charge in [0.15, 0.2) is 6.61 Å². The average molecular weight is 377 g/mol. The predicted molar refractivity (Wildman–Crippen MR) is 109 cm³/mol. The summed E-state index contributed by atoms with van der Waals surface area (Å²) in [5, 5.41) is 0. The van der Waals surface area contributed by atoms with Crippen LogP contribution < -0.4 is 4.74 Å². The molecule has 1 amide bonds. The average Bonchev–Trinajstić information content (AvgIpc) is 2.71. The van der Waals surface area contributed by atoms with Crippen LogP contribution in [0.1, 0.15) is 44.6 Å². The van der Waals surface area contributed by atoms with Gasteiger partial charge < -0.3 is 19.3 Å². The van der Waals surface area contributed by atoms with Crippen molar-refractivity contribution in [1.29, 1.82) is 0 Å². The monoisotopic (exact) mass is 376 g/mol. The highest BCUT2D eigenvalue weighted by molar-refractivity contribution is 5.77. The van der Waals surface area contributed by atoms with E-state index in [0.29, 0.717) is 11.8 Å². The van der Waals surface area contributed by atoms with Crippen LogP contribution in [0, 0.1) is 5.92 Å². The number of rotatable bonds is 10. The van der Waals surface area contributed by atoms with Gasteiger partial charge in [0.05, 0.1) is 6.61 Å². The Kier molecular flexibility index (Phi) is 9.08. The minimum atomic E-state index is 0.0516. The lowest BCUT2D eigenvalue weighted by atomic mass is 9.96.